The van der Waals surface area contributed by atoms with E-state index in [0.29, 0.717) is 5.41 Å². The van der Waals surface area contributed by atoms with Crippen LogP contribution in [0, 0.1) is 11.3 Å². The molecule has 1 aliphatic heterocycles. The summed E-state index contributed by atoms with van der Waals surface area (Å²) in [5.74, 6) is 0.874. The minimum absolute atomic E-state index is 0.648. The lowest BCUT2D eigenvalue weighted by molar-refractivity contribution is 0.166. The number of benzene rings is 1. The van der Waals surface area contributed by atoms with E-state index in [0.717, 1.165) is 25.3 Å². The monoisotopic (exact) mass is 350 g/mol. The van der Waals surface area contributed by atoms with Crippen LogP contribution < -0.4 is 5.32 Å². The van der Waals surface area contributed by atoms with Gasteiger partial charge in [0.1, 0.15) is 0 Å². The molecular formula is C24H34N2. The molecule has 1 unspecified atom stereocenters. The summed E-state index contributed by atoms with van der Waals surface area (Å²) in [4.78, 5) is 2.64. The second kappa shape index (κ2) is 9.23. The lowest BCUT2D eigenvalue weighted by Crippen LogP contribution is -2.36. The summed E-state index contributed by atoms with van der Waals surface area (Å²) in [6.07, 6.45) is 16.7. The van der Waals surface area contributed by atoms with Crippen LogP contribution in [0.5, 0.6) is 0 Å². The SMILES string of the molecule is C=C/C=C\C=C/CCN1CCC2(CC1)CC2CNc1ccc(CC)cc1. The maximum absolute atomic E-state index is 3.68. The normalized spacial score (nSPS) is 22.3. The van der Waals surface area contributed by atoms with Gasteiger partial charge in [-0.05, 0) is 74.2 Å². The smallest absolute Gasteiger partial charge is 0.0340 e. The maximum atomic E-state index is 3.68. The van der Waals surface area contributed by atoms with Gasteiger partial charge in [0.25, 0.3) is 0 Å². The zero-order chi connectivity index (χ0) is 18.2. The van der Waals surface area contributed by atoms with E-state index in [-0.39, 0.29) is 0 Å². The number of piperidine rings is 1. The van der Waals surface area contributed by atoms with Crippen LogP contribution >= 0.6 is 0 Å². The number of rotatable bonds is 9. The average molecular weight is 351 g/mol. The zero-order valence-electron chi connectivity index (χ0n) is 16.3. The summed E-state index contributed by atoms with van der Waals surface area (Å²) in [6.45, 7) is 10.8. The Morgan fingerprint density at radius 1 is 1.15 bits per heavy atom. The quantitative estimate of drug-likeness (QED) is 0.596. The molecule has 140 valence electrons. The predicted octanol–water partition coefficient (Wildman–Crippen LogP) is 5.45. The van der Waals surface area contributed by atoms with Gasteiger partial charge in [-0.3, -0.25) is 0 Å². The summed E-state index contributed by atoms with van der Waals surface area (Å²) >= 11 is 0. The van der Waals surface area contributed by atoms with Crippen molar-refractivity contribution in [1.29, 1.82) is 0 Å². The molecule has 1 aromatic rings. The van der Waals surface area contributed by atoms with Crippen LogP contribution in [0.1, 0.15) is 38.2 Å². The third kappa shape index (κ3) is 5.11. The van der Waals surface area contributed by atoms with E-state index in [9.17, 15) is 0 Å². The Bertz CT molecular complexity index is 618. The van der Waals surface area contributed by atoms with Crippen molar-refractivity contribution in [2.24, 2.45) is 11.3 Å². The molecule has 26 heavy (non-hydrogen) atoms. The molecule has 0 radical (unpaired) electrons. The Morgan fingerprint density at radius 3 is 2.62 bits per heavy atom. The third-order valence-electron chi connectivity index (χ3n) is 6.23. The molecule has 3 rings (SSSR count). The number of hydrogen-bond acceptors (Lipinski definition) is 2. The highest BCUT2D eigenvalue weighted by Crippen LogP contribution is 2.59. The van der Waals surface area contributed by atoms with Crippen LogP contribution in [-0.4, -0.2) is 31.1 Å². The van der Waals surface area contributed by atoms with Crippen molar-refractivity contribution < 1.29 is 0 Å². The highest BCUT2D eigenvalue weighted by Gasteiger charge is 2.54. The van der Waals surface area contributed by atoms with Crippen LogP contribution in [0.15, 0.2) is 61.2 Å². The van der Waals surface area contributed by atoms with E-state index in [1.54, 1.807) is 0 Å². The molecule has 2 heteroatoms. The van der Waals surface area contributed by atoms with E-state index in [4.69, 9.17) is 0 Å². The first kappa shape index (κ1) is 19.0. The largest absolute Gasteiger partial charge is 0.385 e. The van der Waals surface area contributed by atoms with Crippen molar-refractivity contribution in [3.05, 3.63) is 66.8 Å². The minimum atomic E-state index is 0.648. The zero-order valence-corrected chi connectivity index (χ0v) is 16.3. The predicted molar refractivity (Wildman–Crippen MR) is 114 cm³/mol. The minimum Gasteiger partial charge on any atom is -0.385 e. The van der Waals surface area contributed by atoms with Crippen molar-refractivity contribution >= 4 is 5.69 Å². The fraction of sp³-hybridized carbons (Fsp3) is 0.500. The highest BCUT2D eigenvalue weighted by atomic mass is 15.1. The fourth-order valence-electron chi connectivity index (χ4n) is 4.23. The molecule has 1 aromatic carbocycles. The Labute approximate surface area is 159 Å². The van der Waals surface area contributed by atoms with E-state index in [1.807, 2.05) is 12.2 Å². The first-order chi connectivity index (χ1) is 12.8. The summed E-state index contributed by atoms with van der Waals surface area (Å²) in [6, 6.07) is 8.94. The third-order valence-corrected chi connectivity index (χ3v) is 6.23. The van der Waals surface area contributed by atoms with Crippen LogP contribution in [-0.2, 0) is 6.42 Å². The van der Waals surface area contributed by atoms with Crippen molar-refractivity contribution in [3.63, 3.8) is 0 Å². The van der Waals surface area contributed by atoms with Gasteiger partial charge in [-0.2, -0.15) is 0 Å². The van der Waals surface area contributed by atoms with Crippen molar-refractivity contribution in [3.8, 4) is 0 Å². The van der Waals surface area contributed by atoms with Gasteiger partial charge in [-0.1, -0.05) is 56.0 Å². The van der Waals surface area contributed by atoms with Crippen LogP contribution in [0.2, 0.25) is 0 Å². The number of likely N-dealkylation sites (tertiary alicyclic amines) is 1. The molecule has 0 aromatic heterocycles. The Balaban J connectivity index is 1.34. The second-order valence-corrected chi connectivity index (χ2v) is 7.87. The number of hydrogen-bond donors (Lipinski definition) is 1. The molecule has 1 atom stereocenters. The van der Waals surface area contributed by atoms with E-state index < -0.39 is 0 Å². The molecule has 2 fully saturated rings. The molecule has 2 aliphatic rings. The molecule has 1 spiro atoms. The van der Waals surface area contributed by atoms with Crippen molar-refractivity contribution in [2.45, 2.75) is 39.0 Å². The molecular weight excluding hydrogens is 316 g/mol. The van der Waals surface area contributed by atoms with Gasteiger partial charge in [0.2, 0.25) is 0 Å². The van der Waals surface area contributed by atoms with E-state index >= 15 is 0 Å². The molecule has 0 amide bonds. The standard InChI is InChI=1S/C24H34N2/c1-3-5-6-7-8-9-16-26-17-14-24(15-18-26)19-22(24)20-25-23-12-10-21(4-2)11-13-23/h3,5-8,10-13,22,25H,1,4,9,14-20H2,2H3/b6-5-,8-7-. The molecule has 1 saturated carbocycles. The van der Waals surface area contributed by atoms with Gasteiger partial charge < -0.3 is 10.2 Å². The summed E-state index contributed by atoms with van der Waals surface area (Å²) in [7, 11) is 0. The van der Waals surface area contributed by atoms with Crippen molar-refractivity contribution in [2.75, 3.05) is 31.5 Å². The van der Waals surface area contributed by atoms with Gasteiger partial charge >= 0.3 is 0 Å². The van der Waals surface area contributed by atoms with Crippen molar-refractivity contribution in [1.82, 2.24) is 4.90 Å². The Kier molecular flexibility index (Phi) is 6.73. The second-order valence-electron chi connectivity index (χ2n) is 7.87. The molecule has 1 N–H and O–H groups in total. The lowest BCUT2D eigenvalue weighted by Gasteiger charge is -2.32. The summed E-state index contributed by atoms with van der Waals surface area (Å²) < 4.78 is 0. The molecule has 1 aliphatic carbocycles. The van der Waals surface area contributed by atoms with Crippen LogP contribution in [0.3, 0.4) is 0 Å². The van der Waals surface area contributed by atoms with Gasteiger partial charge in [-0.15, -0.1) is 0 Å². The first-order valence-corrected chi connectivity index (χ1v) is 10.2. The van der Waals surface area contributed by atoms with Gasteiger partial charge in [-0.25, -0.2) is 0 Å². The van der Waals surface area contributed by atoms with Gasteiger partial charge in [0.15, 0.2) is 0 Å². The fourth-order valence-corrected chi connectivity index (χ4v) is 4.23. The number of anilines is 1. The van der Waals surface area contributed by atoms with E-state index in [1.165, 1.54) is 50.1 Å². The molecule has 1 heterocycles. The first-order valence-electron chi connectivity index (χ1n) is 10.2. The number of nitrogens with one attached hydrogen (secondary N) is 1. The molecule has 1 saturated heterocycles. The van der Waals surface area contributed by atoms with Gasteiger partial charge in [0.05, 0.1) is 0 Å². The average Bonchev–Trinajstić information content (AvgIpc) is 3.36. The summed E-state index contributed by atoms with van der Waals surface area (Å²) in [5, 5.41) is 3.66. The molecule has 0 bridgehead atoms. The lowest BCUT2D eigenvalue weighted by atomic mass is 9.90. The maximum Gasteiger partial charge on any atom is 0.0340 e. The number of allylic oxidation sites excluding steroid dienone is 4. The topological polar surface area (TPSA) is 15.3 Å². The molecule has 2 nitrogen and oxygen atoms in total. The Hall–Kier alpha value is -1.80. The van der Waals surface area contributed by atoms with E-state index in [2.05, 4.69) is 66.2 Å². The highest BCUT2D eigenvalue weighted by molar-refractivity contribution is 5.45. The van der Waals surface area contributed by atoms with Gasteiger partial charge in [0, 0.05) is 18.8 Å². The van der Waals surface area contributed by atoms with Crippen LogP contribution in [0.25, 0.3) is 0 Å². The Morgan fingerprint density at radius 2 is 1.92 bits per heavy atom. The summed E-state index contributed by atoms with van der Waals surface area (Å²) in [5.41, 5.74) is 3.34. The number of nitrogens with zero attached hydrogens (tertiary/aromatic N) is 1. The van der Waals surface area contributed by atoms with Crippen LogP contribution in [0.4, 0.5) is 5.69 Å². The number of aryl methyl sites for hydroxylation is 1.